The summed E-state index contributed by atoms with van der Waals surface area (Å²) < 4.78 is 14.9. The summed E-state index contributed by atoms with van der Waals surface area (Å²) in [5, 5.41) is 18.0. The molecule has 0 saturated heterocycles. The standard InChI is InChI=1S/C11H12FN3OS/c1-7(16)9-5-8(12)3-4-10(9)17-11-14-13-6-15(11)2/h3-7,16H,1-2H3/t7-/m0/s1. The molecular formula is C11H12FN3OS. The van der Waals surface area contributed by atoms with Crippen LogP contribution in [-0.4, -0.2) is 19.9 Å². The zero-order valence-corrected chi connectivity index (χ0v) is 10.3. The molecule has 17 heavy (non-hydrogen) atoms. The lowest BCUT2D eigenvalue weighted by Crippen LogP contribution is -1.96. The normalized spacial score (nSPS) is 12.7. The number of aliphatic hydroxyl groups excluding tert-OH is 1. The third kappa shape index (κ3) is 2.65. The van der Waals surface area contributed by atoms with Gasteiger partial charge < -0.3 is 9.67 Å². The summed E-state index contributed by atoms with van der Waals surface area (Å²) in [6, 6.07) is 4.34. The second kappa shape index (κ2) is 4.85. The van der Waals surface area contributed by atoms with Gasteiger partial charge in [0.05, 0.1) is 6.10 Å². The summed E-state index contributed by atoms with van der Waals surface area (Å²) in [6.07, 6.45) is 0.870. The number of hydrogen-bond donors (Lipinski definition) is 1. The predicted molar refractivity (Wildman–Crippen MR) is 62.2 cm³/mol. The van der Waals surface area contributed by atoms with Crippen LogP contribution in [0.25, 0.3) is 0 Å². The van der Waals surface area contributed by atoms with Crippen LogP contribution in [0.4, 0.5) is 4.39 Å². The van der Waals surface area contributed by atoms with Crippen LogP contribution in [0.1, 0.15) is 18.6 Å². The molecule has 90 valence electrons. The Kier molecular flexibility index (Phi) is 3.44. The van der Waals surface area contributed by atoms with E-state index in [1.807, 2.05) is 7.05 Å². The largest absolute Gasteiger partial charge is 0.389 e. The first-order valence-corrected chi connectivity index (χ1v) is 5.89. The maximum Gasteiger partial charge on any atom is 0.195 e. The lowest BCUT2D eigenvalue weighted by Gasteiger charge is -2.10. The molecule has 2 aromatic rings. The van der Waals surface area contributed by atoms with E-state index < -0.39 is 6.10 Å². The van der Waals surface area contributed by atoms with E-state index in [2.05, 4.69) is 10.2 Å². The summed E-state index contributed by atoms with van der Waals surface area (Å²) in [4.78, 5) is 0.775. The van der Waals surface area contributed by atoms with Crippen LogP contribution < -0.4 is 0 Å². The van der Waals surface area contributed by atoms with Crippen LogP contribution in [-0.2, 0) is 7.05 Å². The fraction of sp³-hybridized carbons (Fsp3) is 0.273. The number of aryl methyl sites for hydroxylation is 1. The van der Waals surface area contributed by atoms with Gasteiger partial charge in [-0.3, -0.25) is 0 Å². The van der Waals surface area contributed by atoms with Gasteiger partial charge in [-0.05, 0) is 42.4 Å². The minimum absolute atomic E-state index is 0.358. The van der Waals surface area contributed by atoms with Gasteiger partial charge in [0.25, 0.3) is 0 Å². The van der Waals surface area contributed by atoms with Crippen LogP contribution in [0.15, 0.2) is 34.6 Å². The van der Waals surface area contributed by atoms with Crippen molar-refractivity contribution in [1.82, 2.24) is 14.8 Å². The average Bonchev–Trinajstić information content (AvgIpc) is 2.67. The fourth-order valence-corrected chi connectivity index (χ4v) is 2.36. The first-order chi connectivity index (χ1) is 8.08. The minimum atomic E-state index is -0.721. The molecule has 0 saturated carbocycles. The zero-order chi connectivity index (χ0) is 12.4. The maximum atomic E-state index is 13.1. The lowest BCUT2D eigenvalue weighted by molar-refractivity contribution is 0.196. The molecule has 2 rings (SSSR count). The maximum absolute atomic E-state index is 13.1. The molecule has 1 atom stereocenters. The van der Waals surface area contributed by atoms with Crippen LogP contribution in [0.2, 0.25) is 0 Å². The van der Waals surface area contributed by atoms with E-state index in [0.717, 1.165) is 4.90 Å². The molecule has 0 radical (unpaired) electrons. The number of aliphatic hydroxyl groups is 1. The van der Waals surface area contributed by atoms with Crippen LogP contribution >= 0.6 is 11.8 Å². The fourth-order valence-electron chi connectivity index (χ4n) is 1.40. The molecule has 0 spiro atoms. The van der Waals surface area contributed by atoms with Gasteiger partial charge in [-0.1, -0.05) is 0 Å². The highest BCUT2D eigenvalue weighted by Gasteiger charge is 2.12. The van der Waals surface area contributed by atoms with Crippen molar-refractivity contribution in [3.8, 4) is 0 Å². The van der Waals surface area contributed by atoms with E-state index in [1.165, 1.54) is 23.9 Å². The molecule has 0 unspecified atom stereocenters. The summed E-state index contributed by atoms with van der Waals surface area (Å²) >= 11 is 1.35. The molecule has 1 heterocycles. The predicted octanol–water partition coefficient (Wildman–Crippen LogP) is 2.16. The molecule has 0 aliphatic heterocycles. The molecule has 1 aromatic carbocycles. The molecule has 0 aliphatic rings. The molecule has 0 bridgehead atoms. The van der Waals surface area contributed by atoms with Gasteiger partial charge in [-0.15, -0.1) is 10.2 Å². The minimum Gasteiger partial charge on any atom is -0.389 e. The van der Waals surface area contributed by atoms with E-state index in [0.29, 0.717) is 10.7 Å². The molecule has 1 N–H and O–H groups in total. The van der Waals surface area contributed by atoms with Crippen LogP contribution in [0, 0.1) is 5.82 Å². The number of nitrogens with zero attached hydrogens (tertiary/aromatic N) is 3. The molecule has 0 amide bonds. The van der Waals surface area contributed by atoms with Crippen molar-refractivity contribution in [3.05, 3.63) is 35.9 Å². The third-order valence-electron chi connectivity index (χ3n) is 2.29. The van der Waals surface area contributed by atoms with Gasteiger partial charge in [-0.2, -0.15) is 0 Å². The van der Waals surface area contributed by atoms with Gasteiger partial charge in [0.2, 0.25) is 0 Å². The quantitative estimate of drug-likeness (QED) is 0.910. The zero-order valence-electron chi connectivity index (χ0n) is 9.46. The second-order valence-corrected chi connectivity index (χ2v) is 4.69. The Hall–Kier alpha value is -1.40. The van der Waals surface area contributed by atoms with Gasteiger partial charge in [0.1, 0.15) is 12.1 Å². The van der Waals surface area contributed by atoms with E-state index in [-0.39, 0.29) is 5.82 Å². The van der Waals surface area contributed by atoms with Crippen LogP contribution in [0.3, 0.4) is 0 Å². The van der Waals surface area contributed by atoms with Crippen molar-refractivity contribution in [1.29, 1.82) is 0 Å². The Morgan fingerprint density at radius 3 is 2.82 bits per heavy atom. The molecule has 4 nitrogen and oxygen atoms in total. The Morgan fingerprint density at radius 2 is 2.24 bits per heavy atom. The highest BCUT2D eigenvalue weighted by molar-refractivity contribution is 7.99. The van der Waals surface area contributed by atoms with Crippen molar-refractivity contribution >= 4 is 11.8 Å². The molecule has 0 fully saturated rings. The second-order valence-electron chi connectivity index (χ2n) is 3.68. The summed E-state index contributed by atoms with van der Waals surface area (Å²) in [5.41, 5.74) is 0.554. The third-order valence-corrected chi connectivity index (χ3v) is 3.44. The van der Waals surface area contributed by atoms with Gasteiger partial charge >= 0.3 is 0 Å². The van der Waals surface area contributed by atoms with Gasteiger partial charge in [0, 0.05) is 11.9 Å². The number of benzene rings is 1. The molecule has 6 heteroatoms. The Labute approximate surface area is 102 Å². The SMILES string of the molecule is C[C@H](O)c1cc(F)ccc1Sc1nncn1C. The first-order valence-electron chi connectivity index (χ1n) is 5.07. The van der Waals surface area contributed by atoms with Crippen molar-refractivity contribution in [2.24, 2.45) is 7.05 Å². The van der Waals surface area contributed by atoms with E-state index in [1.54, 1.807) is 23.9 Å². The molecule has 0 aliphatic carbocycles. The average molecular weight is 253 g/mol. The molecule has 1 aromatic heterocycles. The Balaban J connectivity index is 2.36. The number of halogens is 1. The van der Waals surface area contributed by atoms with Gasteiger partial charge in [-0.25, -0.2) is 4.39 Å². The number of aromatic nitrogens is 3. The first kappa shape index (κ1) is 12.1. The monoisotopic (exact) mass is 253 g/mol. The van der Waals surface area contributed by atoms with Crippen molar-refractivity contribution in [3.63, 3.8) is 0 Å². The smallest absolute Gasteiger partial charge is 0.195 e. The Morgan fingerprint density at radius 1 is 1.47 bits per heavy atom. The van der Waals surface area contributed by atoms with Crippen molar-refractivity contribution < 1.29 is 9.50 Å². The van der Waals surface area contributed by atoms with E-state index >= 15 is 0 Å². The topological polar surface area (TPSA) is 50.9 Å². The summed E-state index contributed by atoms with van der Waals surface area (Å²) in [6.45, 7) is 1.61. The lowest BCUT2D eigenvalue weighted by atomic mass is 10.1. The van der Waals surface area contributed by atoms with Crippen molar-refractivity contribution in [2.45, 2.75) is 23.1 Å². The van der Waals surface area contributed by atoms with E-state index in [4.69, 9.17) is 0 Å². The van der Waals surface area contributed by atoms with Crippen molar-refractivity contribution in [2.75, 3.05) is 0 Å². The Bertz CT molecular complexity index is 527. The number of rotatable bonds is 3. The summed E-state index contributed by atoms with van der Waals surface area (Å²) in [5.74, 6) is -0.358. The molecular weight excluding hydrogens is 241 g/mol. The number of hydrogen-bond acceptors (Lipinski definition) is 4. The van der Waals surface area contributed by atoms with Gasteiger partial charge in [0.15, 0.2) is 5.16 Å². The van der Waals surface area contributed by atoms with Crippen LogP contribution in [0.5, 0.6) is 0 Å². The highest BCUT2D eigenvalue weighted by atomic mass is 32.2. The summed E-state index contributed by atoms with van der Waals surface area (Å²) in [7, 11) is 1.83. The van der Waals surface area contributed by atoms with E-state index in [9.17, 15) is 9.50 Å². The highest BCUT2D eigenvalue weighted by Crippen LogP contribution is 2.32.